The zero-order valence-electron chi connectivity index (χ0n) is 11.6. The number of hydrogen-bond donors (Lipinski definition) is 2. The number of para-hydroxylation sites is 1. The number of nitrogens with one attached hydrogen (secondary N) is 1. The van der Waals surface area contributed by atoms with Gasteiger partial charge in [0.2, 0.25) is 0 Å². The van der Waals surface area contributed by atoms with E-state index in [0.29, 0.717) is 12.1 Å². The molecule has 1 atom stereocenters. The van der Waals surface area contributed by atoms with Crippen LogP contribution >= 0.6 is 0 Å². The fraction of sp³-hybridized carbons (Fsp3) is 0.250. The standard InChI is InChI=1S/C16H18FNO2/c1-11(12-6-8-14(20-2)9-7-12)18-10-13-4-3-5-15(17)16(13)19/h3-9,11,18-19H,10H2,1-2H3/t11-/m1/s1. The minimum absolute atomic E-state index is 0.0866. The molecule has 3 nitrogen and oxygen atoms in total. The van der Waals surface area contributed by atoms with Crippen LogP contribution in [0.25, 0.3) is 0 Å². The normalized spacial score (nSPS) is 12.2. The van der Waals surface area contributed by atoms with Crippen molar-refractivity contribution in [3.63, 3.8) is 0 Å². The number of methoxy groups -OCH3 is 1. The number of benzene rings is 2. The summed E-state index contributed by atoms with van der Waals surface area (Å²) in [6, 6.07) is 12.4. The first-order valence-corrected chi connectivity index (χ1v) is 6.45. The van der Waals surface area contributed by atoms with E-state index < -0.39 is 5.82 Å². The van der Waals surface area contributed by atoms with Gasteiger partial charge in [0.25, 0.3) is 0 Å². The Kier molecular flexibility index (Phi) is 4.58. The average Bonchev–Trinajstić information content (AvgIpc) is 2.48. The first-order valence-electron chi connectivity index (χ1n) is 6.45. The SMILES string of the molecule is COc1ccc([C@@H](C)NCc2cccc(F)c2O)cc1. The summed E-state index contributed by atoms with van der Waals surface area (Å²) in [7, 11) is 1.63. The average molecular weight is 275 g/mol. The summed E-state index contributed by atoms with van der Waals surface area (Å²) in [6.45, 7) is 2.41. The van der Waals surface area contributed by atoms with Crippen molar-refractivity contribution in [1.82, 2.24) is 5.32 Å². The zero-order chi connectivity index (χ0) is 14.5. The topological polar surface area (TPSA) is 41.5 Å². The molecule has 0 saturated carbocycles. The fourth-order valence-electron chi connectivity index (χ4n) is 1.98. The third-order valence-electron chi connectivity index (χ3n) is 3.28. The Labute approximate surface area is 118 Å². The highest BCUT2D eigenvalue weighted by molar-refractivity contribution is 5.34. The maximum atomic E-state index is 13.2. The minimum atomic E-state index is -0.596. The van der Waals surface area contributed by atoms with Gasteiger partial charge < -0.3 is 15.2 Å². The van der Waals surface area contributed by atoms with Crippen LogP contribution in [0.2, 0.25) is 0 Å². The first kappa shape index (κ1) is 14.3. The summed E-state index contributed by atoms with van der Waals surface area (Å²) >= 11 is 0. The van der Waals surface area contributed by atoms with Crippen molar-refractivity contribution in [3.05, 3.63) is 59.4 Å². The van der Waals surface area contributed by atoms with Gasteiger partial charge in [-0.25, -0.2) is 4.39 Å². The molecule has 4 heteroatoms. The zero-order valence-corrected chi connectivity index (χ0v) is 11.6. The Balaban J connectivity index is 2.00. The van der Waals surface area contributed by atoms with E-state index in [2.05, 4.69) is 5.32 Å². The summed E-state index contributed by atoms with van der Waals surface area (Å²) < 4.78 is 18.3. The minimum Gasteiger partial charge on any atom is -0.505 e. The molecule has 0 aliphatic heterocycles. The van der Waals surface area contributed by atoms with Crippen LogP contribution in [0.5, 0.6) is 11.5 Å². The van der Waals surface area contributed by atoms with E-state index in [1.807, 2.05) is 31.2 Å². The maximum absolute atomic E-state index is 13.2. The van der Waals surface area contributed by atoms with E-state index in [1.54, 1.807) is 19.2 Å². The number of hydrogen-bond acceptors (Lipinski definition) is 3. The van der Waals surface area contributed by atoms with E-state index in [4.69, 9.17) is 4.74 Å². The molecule has 0 aromatic heterocycles. The van der Waals surface area contributed by atoms with E-state index >= 15 is 0 Å². The van der Waals surface area contributed by atoms with Crippen molar-refractivity contribution in [3.8, 4) is 11.5 Å². The van der Waals surface area contributed by atoms with Crippen molar-refractivity contribution >= 4 is 0 Å². The van der Waals surface area contributed by atoms with Crippen molar-refractivity contribution in [2.75, 3.05) is 7.11 Å². The predicted molar refractivity (Wildman–Crippen MR) is 76.3 cm³/mol. The quantitative estimate of drug-likeness (QED) is 0.879. The molecule has 0 aliphatic carbocycles. The Hall–Kier alpha value is -2.07. The Morgan fingerprint density at radius 3 is 2.55 bits per heavy atom. The maximum Gasteiger partial charge on any atom is 0.165 e. The molecule has 2 rings (SSSR count). The lowest BCUT2D eigenvalue weighted by Gasteiger charge is -2.15. The van der Waals surface area contributed by atoms with Crippen molar-refractivity contribution in [1.29, 1.82) is 0 Å². The molecule has 0 spiro atoms. The van der Waals surface area contributed by atoms with Crippen LogP contribution in [0, 0.1) is 5.82 Å². The molecule has 0 amide bonds. The number of rotatable bonds is 5. The Bertz CT molecular complexity index is 569. The molecule has 0 fully saturated rings. The van der Waals surface area contributed by atoms with Gasteiger partial charge in [-0.2, -0.15) is 0 Å². The number of halogens is 1. The molecular weight excluding hydrogens is 257 g/mol. The van der Waals surface area contributed by atoms with E-state index in [1.165, 1.54) is 6.07 Å². The van der Waals surface area contributed by atoms with Crippen molar-refractivity contribution in [2.24, 2.45) is 0 Å². The van der Waals surface area contributed by atoms with Gasteiger partial charge in [0.05, 0.1) is 7.11 Å². The first-order chi connectivity index (χ1) is 9.61. The van der Waals surface area contributed by atoms with Crippen LogP contribution in [-0.2, 0) is 6.54 Å². The summed E-state index contributed by atoms with van der Waals surface area (Å²) in [5, 5.41) is 12.9. The second kappa shape index (κ2) is 6.39. The summed E-state index contributed by atoms with van der Waals surface area (Å²) in [5.74, 6) is -0.0768. The Morgan fingerprint density at radius 1 is 1.20 bits per heavy atom. The van der Waals surface area contributed by atoms with Crippen LogP contribution in [0.15, 0.2) is 42.5 Å². The van der Waals surface area contributed by atoms with Gasteiger partial charge in [-0.1, -0.05) is 24.3 Å². The van der Waals surface area contributed by atoms with Crippen LogP contribution in [0.3, 0.4) is 0 Å². The number of phenols is 1. The monoisotopic (exact) mass is 275 g/mol. The largest absolute Gasteiger partial charge is 0.505 e. The van der Waals surface area contributed by atoms with Gasteiger partial charge in [-0.15, -0.1) is 0 Å². The molecule has 0 unspecified atom stereocenters. The van der Waals surface area contributed by atoms with Crippen molar-refractivity contribution < 1.29 is 14.2 Å². The molecule has 0 saturated heterocycles. The molecule has 0 aliphatic rings. The molecule has 106 valence electrons. The number of phenolic OH excluding ortho intramolecular Hbond substituents is 1. The van der Waals surface area contributed by atoms with Gasteiger partial charge >= 0.3 is 0 Å². The fourth-order valence-corrected chi connectivity index (χ4v) is 1.98. The Morgan fingerprint density at radius 2 is 1.90 bits per heavy atom. The number of aromatic hydroxyl groups is 1. The summed E-state index contributed by atoms with van der Waals surface area (Å²) in [4.78, 5) is 0. The van der Waals surface area contributed by atoms with Gasteiger partial charge in [0.15, 0.2) is 11.6 Å². The van der Waals surface area contributed by atoms with E-state index in [0.717, 1.165) is 11.3 Å². The highest BCUT2D eigenvalue weighted by Crippen LogP contribution is 2.22. The van der Waals surface area contributed by atoms with Crippen LogP contribution in [-0.4, -0.2) is 12.2 Å². The lowest BCUT2D eigenvalue weighted by Crippen LogP contribution is -2.18. The van der Waals surface area contributed by atoms with Gasteiger partial charge in [0.1, 0.15) is 5.75 Å². The van der Waals surface area contributed by atoms with Gasteiger partial charge in [0, 0.05) is 18.2 Å². The second-order valence-corrected chi connectivity index (χ2v) is 4.62. The number of ether oxygens (including phenoxy) is 1. The molecule has 0 bridgehead atoms. The van der Waals surface area contributed by atoms with E-state index in [9.17, 15) is 9.50 Å². The van der Waals surface area contributed by atoms with Crippen molar-refractivity contribution in [2.45, 2.75) is 19.5 Å². The van der Waals surface area contributed by atoms with Crippen LogP contribution in [0.1, 0.15) is 24.1 Å². The molecular formula is C16H18FNO2. The van der Waals surface area contributed by atoms with Crippen LogP contribution < -0.4 is 10.1 Å². The highest BCUT2D eigenvalue weighted by Gasteiger charge is 2.09. The molecule has 20 heavy (non-hydrogen) atoms. The lowest BCUT2D eigenvalue weighted by atomic mass is 10.1. The molecule has 0 heterocycles. The molecule has 2 N–H and O–H groups in total. The van der Waals surface area contributed by atoms with E-state index in [-0.39, 0.29) is 11.8 Å². The predicted octanol–water partition coefficient (Wildman–Crippen LogP) is 3.39. The lowest BCUT2D eigenvalue weighted by molar-refractivity contribution is 0.414. The summed E-state index contributed by atoms with van der Waals surface area (Å²) in [5.41, 5.74) is 1.65. The van der Waals surface area contributed by atoms with Gasteiger partial charge in [-0.3, -0.25) is 0 Å². The second-order valence-electron chi connectivity index (χ2n) is 4.62. The third-order valence-corrected chi connectivity index (χ3v) is 3.28. The van der Waals surface area contributed by atoms with Crippen LogP contribution in [0.4, 0.5) is 4.39 Å². The molecule has 2 aromatic carbocycles. The molecule has 2 aromatic rings. The summed E-state index contributed by atoms with van der Waals surface area (Å²) in [6.07, 6.45) is 0. The smallest absolute Gasteiger partial charge is 0.165 e. The highest BCUT2D eigenvalue weighted by atomic mass is 19.1. The van der Waals surface area contributed by atoms with Gasteiger partial charge in [-0.05, 0) is 30.7 Å². The molecule has 0 radical (unpaired) electrons. The third kappa shape index (κ3) is 3.27.